The molecule has 2 aliphatic heterocycles. The Morgan fingerprint density at radius 3 is 0.870 bits per heavy atom. The highest BCUT2D eigenvalue weighted by Gasteiger charge is 2.56. The zero-order chi connectivity index (χ0) is 46.8. The van der Waals surface area contributed by atoms with Gasteiger partial charge in [0, 0.05) is 0 Å². The number of benzene rings is 8. The molecule has 4 nitrogen and oxygen atoms in total. The van der Waals surface area contributed by atoms with Gasteiger partial charge in [0.2, 0.25) is 0 Å². The van der Waals surface area contributed by atoms with E-state index in [0.29, 0.717) is 0 Å². The van der Waals surface area contributed by atoms with Gasteiger partial charge in [0.1, 0.15) is 0 Å². The molecule has 6 heteroatoms. The number of fused-ring (bicyclic) bond motifs is 13. The molecule has 0 atom stereocenters. The van der Waals surface area contributed by atoms with Crippen LogP contribution in [-0.4, -0.2) is 36.6 Å². The van der Waals surface area contributed by atoms with Crippen LogP contribution in [0, 0.1) is 0 Å². The Kier molecular flexibility index (Phi) is 10.4. The summed E-state index contributed by atoms with van der Waals surface area (Å²) in [7, 11) is -0.786. The van der Waals surface area contributed by atoms with Crippen molar-refractivity contribution in [3.63, 3.8) is 0 Å². The Balaban J connectivity index is 0.000000149. The minimum atomic E-state index is -0.409. The fourth-order valence-electron chi connectivity index (χ4n) is 11.8. The van der Waals surface area contributed by atoms with E-state index in [0.717, 1.165) is 10.9 Å². The number of hydrogen-bond donors (Lipinski definition) is 0. The van der Waals surface area contributed by atoms with Crippen molar-refractivity contribution in [1.29, 1.82) is 0 Å². The largest absolute Gasteiger partial charge is 0.494 e. The first-order valence-electron chi connectivity index (χ1n) is 24.2. The van der Waals surface area contributed by atoms with Crippen LogP contribution < -0.4 is 10.9 Å². The Hall–Kier alpha value is -6.27. The zero-order valence-corrected chi connectivity index (χ0v) is 40.3. The van der Waals surface area contributed by atoms with Crippen LogP contribution in [0.15, 0.2) is 194 Å². The minimum absolute atomic E-state index is 0. The van der Waals surface area contributed by atoms with E-state index in [9.17, 15) is 0 Å². The molecule has 0 amide bonds. The lowest BCUT2D eigenvalue weighted by molar-refractivity contribution is 0.00578. The monoisotopic (exact) mass is 902 g/mol. The third-order valence-corrected chi connectivity index (χ3v) is 16.6. The smallest absolute Gasteiger partial charge is 0.399 e. The van der Waals surface area contributed by atoms with Gasteiger partial charge in [-0.3, -0.25) is 0 Å². The van der Waals surface area contributed by atoms with Gasteiger partial charge in [-0.05, 0) is 144 Å². The van der Waals surface area contributed by atoms with Gasteiger partial charge in [0.15, 0.2) is 0 Å². The van der Waals surface area contributed by atoms with Crippen molar-refractivity contribution >= 4 is 25.2 Å². The lowest BCUT2D eigenvalue weighted by atomic mass is 9.66. The summed E-state index contributed by atoms with van der Waals surface area (Å²) >= 11 is 0. The van der Waals surface area contributed by atoms with E-state index in [1.807, 2.05) is 0 Å². The summed E-state index contributed by atoms with van der Waals surface area (Å²) in [5, 5.41) is 0. The first kappa shape index (κ1) is 45.2. The third kappa shape index (κ3) is 6.38. The van der Waals surface area contributed by atoms with Crippen LogP contribution in [0.5, 0.6) is 0 Å². The topological polar surface area (TPSA) is 36.9 Å². The van der Waals surface area contributed by atoms with Gasteiger partial charge >= 0.3 is 14.2 Å². The normalized spacial score (nSPS) is 19.0. The van der Waals surface area contributed by atoms with Crippen molar-refractivity contribution in [2.45, 2.75) is 96.1 Å². The molecule has 0 saturated carbocycles. The maximum atomic E-state index is 6.45. The Bertz CT molecular complexity index is 3010. The van der Waals surface area contributed by atoms with Crippen molar-refractivity contribution in [3.8, 4) is 33.4 Å². The molecule has 5 aliphatic rings. The molecule has 2 heterocycles. The van der Waals surface area contributed by atoms with Gasteiger partial charge < -0.3 is 18.6 Å². The quantitative estimate of drug-likeness (QED) is 0.165. The molecule has 0 aromatic heterocycles. The summed E-state index contributed by atoms with van der Waals surface area (Å²) in [6, 6.07) is 70.8. The van der Waals surface area contributed by atoms with Crippen molar-refractivity contribution in [2.75, 3.05) is 0 Å². The Morgan fingerprint density at radius 1 is 0.275 bits per heavy atom. The predicted molar refractivity (Wildman–Crippen MR) is 285 cm³/mol. The molecule has 0 unspecified atom stereocenters. The molecule has 69 heavy (non-hydrogen) atoms. The van der Waals surface area contributed by atoms with Gasteiger partial charge in [0.25, 0.3) is 0 Å². The molecule has 0 radical (unpaired) electrons. The highest BCUT2D eigenvalue weighted by atomic mass is 16.7. The van der Waals surface area contributed by atoms with Crippen LogP contribution in [-0.2, 0) is 29.4 Å². The summed E-state index contributed by atoms with van der Waals surface area (Å²) in [6.45, 7) is 16.9. The fraction of sp³-hybridized carbons (Fsp3) is 0.238. The highest BCUT2D eigenvalue weighted by Crippen LogP contribution is 2.63. The van der Waals surface area contributed by atoms with E-state index >= 15 is 0 Å². The summed E-state index contributed by atoms with van der Waals surface area (Å²) in [4.78, 5) is 0. The highest BCUT2D eigenvalue weighted by molar-refractivity contribution is 6.62. The molecule has 2 fully saturated rings. The van der Waals surface area contributed by atoms with Gasteiger partial charge in [-0.15, -0.1) is 0 Å². The average molecular weight is 903 g/mol. The molecule has 0 bridgehead atoms. The molecule has 13 rings (SSSR count). The molecule has 8 aromatic carbocycles. The molecular weight excluding hydrogens is 842 g/mol. The molecule has 1 spiro atoms. The summed E-state index contributed by atoms with van der Waals surface area (Å²) < 4.78 is 25.8. The van der Waals surface area contributed by atoms with E-state index in [1.54, 1.807) is 0 Å². The van der Waals surface area contributed by atoms with E-state index < -0.39 is 12.5 Å². The van der Waals surface area contributed by atoms with Crippen molar-refractivity contribution in [3.05, 3.63) is 239 Å². The van der Waals surface area contributed by atoms with Gasteiger partial charge in [-0.25, -0.2) is 0 Å². The van der Waals surface area contributed by atoms with Crippen LogP contribution in [0.1, 0.15) is 107 Å². The lowest BCUT2D eigenvalue weighted by Crippen LogP contribution is -2.41. The Morgan fingerprint density at radius 2 is 0.536 bits per heavy atom. The first-order valence-corrected chi connectivity index (χ1v) is 24.2. The van der Waals surface area contributed by atoms with E-state index in [1.165, 1.54) is 77.9 Å². The summed E-state index contributed by atoms with van der Waals surface area (Å²) in [6.07, 6.45) is 0. The van der Waals surface area contributed by atoms with E-state index in [2.05, 4.69) is 250 Å². The second kappa shape index (κ2) is 15.9. The maximum absolute atomic E-state index is 6.45. The third-order valence-electron chi connectivity index (χ3n) is 16.6. The van der Waals surface area contributed by atoms with Crippen molar-refractivity contribution in [2.24, 2.45) is 0 Å². The maximum Gasteiger partial charge on any atom is 0.494 e. The standard InChI is InChI=1S/C31H27BO2.C31H29BO2.CH4/c1-29(2)30(3,4)34-32(33-29)20-17-18-24-23-13-7-10-16-27(23)31(28(24)19-20)25-14-8-5-11-21(25)22-12-6-9-15-26(22)31;1-29(2)30(3,4)34-32(33-29)24-19-20-26-25-17-11-12-18-27(25)31(28(26)21-24,22-13-7-5-8-14-22)23-15-9-6-10-16-23;/h5-19H,1-4H3;5-21H,1-4H3;1H4. The van der Waals surface area contributed by atoms with Crippen LogP contribution in [0.25, 0.3) is 33.4 Å². The predicted octanol–water partition coefficient (Wildman–Crippen LogP) is 13.3. The van der Waals surface area contributed by atoms with Crippen LogP contribution in [0.2, 0.25) is 0 Å². The minimum Gasteiger partial charge on any atom is -0.399 e. The molecule has 0 N–H and O–H groups in total. The average Bonchev–Trinajstić information content (AvgIpc) is 4.05. The van der Waals surface area contributed by atoms with Crippen LogP contribution in [0.3, 0.4) is 0 Å². The second-order valence-corrected chi connectivity index (χ2v) is 21.2. The van der Waals surface area contributed by atoms with Gasteiger partial charge in [0.05, 0.1) is 33.2 Å². The second-order valence-electron chi connectivity index (χ2n) is 21.2. The molecular formula is C63H60B2O4. The SMILES string of the molecule is C.CC1(C)OB(c2ccc3c(c2)C(c2ccccc2)(c2ccccc2)c2ccccc2-3)OC1(C)C.CC1(C)OB(c2ccc3c(c2)C2(c4ccccc4-c4ccccc42)c2ccccc2-3)OC1(C)C. The summed E-state index contributed by atoms with van der Waals surface area (Å²) in [5.41, 5.74) is 18.2. The Labute approximate surface area is 410 Å². The van der Waals surface area contributed by atoms with E-state index in [4.69, 9.17) is 18.6 Å². The molecule has 2 saturated heterocycles. The number of rotatable bonds is 4. The van der Waals surface area contributed by atoms with Gasteiger partial charge in [-0.1, -0.05) is 202 Å². The molecule has 3 aliphatic carbocycles. The molecule has 8 aromatic rings. The summed E-state index contributed by atoms with van der Waals surface area (Å²) in [5.74, 6) is 0. The van der Waals surface area contributed by atoms with Gasteiger partial charge in [-0.2, -0.15) is 0 Å². The molecule has 342 valence electrons. The van der Waals surface area contributed by atoms with Crippen molar-refractivity contribution in [1.82, 2.24) is 0 Å². The van der Waals surface area contributed by atoms with Crippen molar-refractivity contribution < 1.29 is 18.6 Å². The zero-order valence-electron chi connectivity index (χ0n) is 40.3. The van der Waals surface area contributed by atoms with Crippen LogP contribution in [0.4, 0.5) is 0 Å². The van der Waals surface area contributed by atoms with Crippen LogP contribution >= 0.6 is 0 Å². The van der Waals surface area contributed by atoms with E-state index in [-0.39, 0.29) is 42.4 Å². The lowest BCUT2D eigenvalue weighted by Gasteiger charge is -2.34. The number of hydrogen-bond acceptors (Lipinski definition) is 4. The first-order chi connectivity index (χ1) is 32.7. The fourth-order valence-corrected chi connectivity index (χ4v) is 11.8.